The molecule has 0 unspecified atom stereocenters. The quantitative estimate of drug-likeness (QED) is 0.0550. The predicted octanol–water partition coefficient (Wildman–Crippen LogP) is 6.77. The molecule has 1 fully saturated rings. The Bertz CT molecular complexity index is 1880. The van der Waals surface area contributed by atoms with E-state index >= 15 is 0 Å². The fourth-order valence-corrected chi connectivity index (χ4v) is 10.1. The fourth-order valence-electron chi connectivity index (χ4n) is 7.51. The Morgan fingerprint density at radius 2 is 1.44 bits per heavy atom. The van der Waals surface area contributed by atoms with Crippen molar-refractivity contribution in [1.82, 2.24) is 19.7 Å². The molecule has 0 spiro atoms. The number of fused-ring (bicyclic) bond motifs is 2. The maximum atomic E-state index is 14.4. The van der Waals surface area contributed by atoms with E-state index < -0.39 is 8.80 Å². The van der Waals surface area contributed by atoms with Gasteiger partial charge in [0.15, 0.2) is 0 Å². The van der Waals surface area contributed by atoms with E-state index in [-0.39, 0.29) is 11.9 Å². The Balaban J connectivity index is 1.38. The van der Waals surface area contributed by atoms with Gasteiger partial charge in [-0.3, -0.25) is 4.79 Å². The van der Waals surface area contributed by atoms with Crippen LogP contribution >= 0.6 is 0 Å². The standard InChI is InChI=1S/C42H59N5O6Si/c1-8-44(9-2)32-20-22-36-38(30-32)53-39-31-33(45(10-3)11-4)21-23-37(39)40(36)34-18-15-16-19-35(34)41(48)46-25-27-47(28-26-46)42(49)43-24-17-29-54(50-12-5,51-13-6)52-14-7/h15-16,18-23,30-31H,8-14,17,24-29H2,1-7H3/p+1. The molecule has 2 aromatic rings. The molecule has 5 rings (SSSR count). The van der Waals surface area contributed by atoms with Crippen molar-refractivity contribution < 1.29 is 27.3 Å². The van der Waals surface area contributed by atoms with Gasteiger partial charge in [-0.05, 0) is 84.7 Å². The number of amides is 3. The molecule has 2 heterocycles. The van der Waals surface area contributed by atoms with E-state index in [1.54, 1.807) is 4.90 Å². The van der Waals surface area contributed by atoms with Gasteiger partial charge in [-0.2, -0.15) is 0 Å². The molecule has 54 heavy (non-hydrogen) atoms. The molecular weight excluding hydrogens is 699 g/mol. The first-order valence-electron chi connectivity index (χ1n) is 19.9. The Morgan fingerprint density at radius 1 is 0.796 bits per heavy atom. The molecule has 3 aliphatic rings. The minimum absolute atomic E-state index is 0.0451. The van der Waals surface area contributed by atoms with Crippen LogP contribution in [0.3, 0.4) is 0 Å². The normalized spacial score (nSPS) is 13.5. The van der Waals surface area contributed by atoms with Gasteiger partial charge < -0.3 is 37.7 Å². The molecule has 1 aliphatic carbocycles. The van der Waals surface area contributed by atoms with Crippen LogP contribution in [-0.2, 0) is 13.3 Å². The molecule has 0 bridgehead atoms. The topological polar surface area (TPSA) is 99.7 Å². The van der Waals surface area contributed by atoms with Gasteiger partial charge in [-0.25, -0.2) is 9.37 Å². The first-order chi connectivity index (χ1) is 26.3. The molecule has 292 valence electrons. The smallest absolute Gasteiger partial charge is 0.456 e. The zero-order valence-electron chi connectivity index (χ0n) is 33.4. The Kier molecular flexibility index (Phi) is 14.7. The Labute approximate surface area is 322 Å². The maximum absolute atomic E-state index is 14.4. The zero-order chi connectivity index (χ0) is 38.7. The third kappa shape index (κ3) is 9.16. The minimum atomic E-state index is -2.76. The molecule has 0 radical (unpaired) electrons. The summed E-state index contributed by atoms with van der Waals surface area (Å²) < 4.78 is 26.9. The van der Waals surface area contributed by atoms with Crippen molar-refractivity contribution in [3.63, 3.8) is 0 Å². The monoisotopic (exact) mass is 758 g/mol. The van der Waals surface area contributed by atoms with Gasteiger partial charge in [-0.15, -0.1) is 0 Å². The summed E-state index contributed by atoms with van der Waals surface area (Å²) in [7, 11) is -2.76. The molecule has 0 saturated carbocycles. The van der Waals surface area contributed by atoms with Crippen LogP contribution in [-0.4, -0.2) is 109 Å². The number of nitrogens with one attached hydrogen (secondary N) is 1. The number of urea groups is 1. The summed E-state index contributed by atoms with van der Waals surface area (Å²) in [6.45, 7) is 21.9. The van der Waals surface area contributed by atoms with Gasteiger partial charge in [0.05, 0.1) is 6.07 Å². The molecule has 12 heteroatoms. The fraction of sp³-hybridized carbons (Fsp3) is 0.500. The van der Waals surface area contributed by atoms with E-state index in [1.807, 2.05) is 49.9 Å². The molecule has 0 atom stereocenters. The molecule has 3 amide bonds. The number of piperazine rings is 1. The van der Waals surface area contributed by atoms with Crippen molar-refractivity contribution in [2.24, 2.45) is 0 Å². The van der Waals surface area contributed by atoms with E-state index in [4.69, 9.17) is 17.7 Å². The molecule has 2 aromatic carbocycles. The number of carbonyl (C=O) groups excluding carboxylic acids is 2. The van der Waals surface area contributed by atoms with Gasteiger partial charge >= 0.3 is 14.8 Å². The van der Waals surface area contributed by atoms with Crippen LogP contribution in [0.5, 0.6) is 0 Å². The lowest BCUT2D eigenvalue weighted by Crippen LogP contribution is -2.53. The average molecular weight is 759 g/mol. The highest BCUT2D eigenvalue weighted by atomic mass is 28.4. The van der Waals surface area contributed by atoms with Crippen molar-refractivity contribution in [3.8, 4) is 22.5 Å². The highest BCUT2D eigenvalue weighted by molar-refractivity contribution is 6.60. The van der Waals surface area contributed by atoms with Crippen LogP contribution in [0.4, 0.5) is 10.5 Å². The summed E-state index contributed by atoms with van der Waals surface area (Å²) in [6.07, 6.45) is 0.691. The lowest BCUT2D eigenvalue weighted by atomic mass is 9.90. The zero-order valence-corrected chi connectivity index (χ0v) is 34.4. The van der Waals surface area contributed by atoms with Crippen LogP contribution in [0.15, 0.2) is 65.1 Å². The number of rotatable bonds is 17. The first-order valence-corrected chi connectivity index (χ1v) is 21.9. The number of hydrogen-bond donors (Lipinski definition) is 1. The summed E-state index contributed by atoms with van der Waals surface area (Å²) in [5, 5.41) is 5.11. The Hall–Kier alpha value is -4.23. The number of anilines is 1. The number of benzene rings is 3. The molecule has 1 saturated heterocycles. The maximum Gasteiger partial charge on any atom is 0.500 e. The second-order valence-electron chi connectivity index (χ2n) is 13.3. The van der Waals surface area contributed by atoms with Crippen molar-refractivity contribution in [2.45, 2.75) is 60.9 Å². The highest BCUT2D eigenvalue weighted by Crippen LogP contribution is 2.42. The Morgan fingerprint density at radius 3 is 2.07 bits per heavy atom. The molecule has 0 aromatic heterocycles. The van der Waals surface area contributed by atoms with Crippen LogP contribution in [0, 0.1) is 0 Å². The lowest BCUT2D eigenvalue weighted by Gasteiger charge is -2.35. The van der Waals surface area contributed by atoms with Gasteiger partial charge in [-0.1, -0.05) is 18.2 Å². The van der Waals surface area contributed by atoms with Crippen molar-refractivity contribution >= 4 is 37.4 Å². The summed E-state index contributed by atoms with van der Waals surface area (Å²) in [5.74, 6) is 0.735. The van der Waals surface area contributed by atoms with E-state index in [0.717, 1.165) is 70.6 Å². The predicted molar refractivity (Wildman–Crippen MR) is 219 cm³/mol. The average Bonchev–Trinajstić information content (AvgIpc) is 3.19. The van der Waals surface area contributed by atoms with Gasteiger partial charge in [0.25, 0.3) is 5.91 Å². The third-order valence-corrected chi connectivity index (χ3v) is 13.4. The van der Waals surface area contributed by atoms with Crippen molar-refractivity contribution in [3.05, 3.63) is 71.6 Å². The van der Waals surface area contributed by atoms with Gasteiger partial charge in [0, 0.05) is 112 Å². The highest BCUT2D eigenvalue weighted by Gasteiger charge is 2.39. The van der Waals surface area contributed by atoms with Gasteiger partial charge in [0.1, 0.15) is 24.4 Å². The second-order valence-corrected chi connectivity index (χ2v) is 16.1. The SMILES string of the molecule is CCO[Si](CCCNC(=O)N1CCN(C(=O)c2ccccc2-c2c3ccc(=[N+](CC)CC)cc-3oc3cc(N(CC)CC)ccc23)CC1)(OCC)OCC. The lowest BCUT2D eigenvalue weighted by molar-refractivity contribution is 0.0666. The summed E-state index contributed by atoms with van der Waals surface area (Å²) >= 11 is 0. The number of hydrogen-bond acceptors (Lipinski definition) is 7. The summed E-state index contributed by atoms with van der Waals surface area (Å²) in [4.78, 5) is 33.5. The second kappa shape index (κ2) is 19.4. The van der Waals surface area contributed by atoms with Crippen LogP contribution in [0.2, 0.25) is 6.04 Å². The summed E-state index contributed by atoms with van der Waals surface area (Å²) in [5.41, 5.74) is 5.32. The van der Waals surface area contributed by atoms with Crippen molar-refractivity contribution in [1.29, 1.82) is 0 Å². The molecule has 11 nitrogen and oxygen atoms in total. The number of carbonyl (C=O) groups is 2. The van der Waals surface area contributed by atoms with E-state index in [0.29, 0.717) is 70.6 Å². The van der Waals surface area contributed by atoms with Crippen LogP contribution in [0.25, 0.3) is 33.4 Å². The summed E-state index contributed by atoms with van der Waals surface area (Å²) in [6, 6.07) is 21.2. The van der Waals surface area contributed by atoms with Crippen molar-refractivity contribution in [2.75, 3.05) is 83.6 Å². The third-order valence-electron chi connectivity index (χ3n) is 10.3. The molecule has 1 N–H and O–H groups in total. The largest absolute Gasteiger partial charge is 0.500 e. The molecular formula is C42H60N5O6Si+. The molecule has 2 aliphatic heterocycles. The van der Waals surface area contributed by atoms with Crippen LogP contribution in [0.1, 0.15) is 65.2 Å². The van der Waals surface area contributed by atoms with E-state index in [2.05, 4.69) is 78.9 Å². The van der Waals surface area contributed by atoms with E-state index in [1.165, 1.54) is 0 Å². The number of nitrogens with zero attached hydrogens (tertiary/aromatic N) is 4. The minimum Gasteiger partial charge on any atom is -0.456 e. The first kappa shape index (κ1) is 40.9. The van der Waals surface area contributed by atoms with E-state index in [9.17, 15) is 9.59 Å². The van der Waals surface area contributed by atoms with Crippen LogP contribution < -0.4 is 20.1 Å². The van der Waals surface area contributed by atoms with Gasteiger partial charge in [0.2, 0.25) is 5.36 Å².